The molecule has 26 heavy (non-hydrogen) atoms. The van der Waals surface area contributed by atoms with Gasteiger partial charge in [0.15, 0.2) is 0 Å². The minimum absolute atomic E-state index is 0.488. The zero-order valence-corrected chi connectivity index (χ0v) is 15.9. The van der Waals surface area contributed by atoms with E-state index in [9.17, 15) is 0 Å². The summed E-state index contributed by atoms with van der Waals surface area (Å²) < 4.78 is 15.9. The monoisotopic (exact) mass is 411 g/mol. The number of halogens is 2. The Balaban J connectivity index is 0.000000896. The van der Waals surface area contributed by atoms with Crippen LogP contribution in [0.3, 0.4) is 0 Å². The Hall–Kier alpha value is -1.58. The van der Waals surface area contributed by atoms with E-state index in [2.05, 4.69) is 5.32 Å². The van der Waals surface area contributed by atoms with Gasteiger partial charge >= 0.3 is 11.9 Å². The first-order valence-corrected chi connectivity index (χ1v) is 8.45. The van der Waals surface area contributed by atoms with Crippen LogP contribution in [0.4, 0.5) is 0 Å². The summed E-state index contributed by atoms with van der Waals surface area (Å²) in [6.07, 6.45) is 1.01. The molecule has 0 spiro atoms. The Bertz CT molecular complexity index is 531. The van der Waals surface area contributed by atoms with Crippen molar-refractivity contribution in [2.45, 2.75) is 6.42 Å². The van der Waals surface area contributed by atoms with Gasteiger partial charge in [-0.3, -0.25) is 0 Å². The number of benzene rings is 1. The Labute approximate surface area is 161 Å². The van der Waals surface area contributed by atoms with Crippen LogP contribution in [0.1, 0.15) is 6.42 Å². The first-order valence-electron chi connectivity index (χ1n) is 7.70. The van der Waals surface area contributed by atoms with Crippen molar-refractivity contribution >= 4 is 35.1 Å². The molecule has 148 valence electrons. The lowest BCUT2D eigenvalue weighted by Crippen LogP contribution is -2.22. The number of carboxylic acid groups (broad SMARTS) is 2. The van der Waals surface area contributed by atoms with E-state index in [1.54, 1.807) is 25.3 Å². The van der Waals surface area contributed by atoms with Gasteiger partial charge in [-0.2, -0.15) is 0 Å². The van der Waals surface area contributed by atoms with Gasteiger partial charge in [-0.1, -0.05) is 23.2 Å². The molecule has 0 radical (unpaired) electrons. The number of methoxy groups -OCH3 is 1. The number of carbonyl (C=O) groups is 2. The van der Waals surface area contributed by atoms with Crippen LogP contribution in [0.25, 0.3) is 0 Å². The SMILES string of the molecule is COCCCNCCOCCOc1ccc(Cl)c(Cl)c1.O=C(O)C(=O)O. The fraction of sp³-hybridized carbons (Fsp3) is 0.500. The van der Waals surface area contributed by atoms with Crippen LogP contribution in [0, 0.1) is 0 Å². The van der Waals surface area contributed by atoms with Crippen molar-refractivity contribution < 1.29 is 34.0 Å². The molecule has 8 nitrogen and oxygen atoms in total. The fourth-order valence-corrected chi connectivity index (χ4v) is 1.79. The fourth-order valence-electron chi connectivity index (χ4n) is 1.50. The molecule has 0 aliphatic rings. The molecule has 10 heteroatoms. The highest BCUT2D eigenvalue weighted by Crippen LogP contribution is 2.26. The Kier molecular flexibility index (Phi) is 14.7. The molecular weight excluding hydrogens is 389 g/mol. The van der Waals surface area contributed by atoms with E-state index in [1.807, 2.05) is 0 Å². The second kappa shape index (κ2) is 15.7. The van der Waals surface area contributed by atoms with E-state index < -0.39 is 11.9 Å². The zero-order chi connectivity index (χ0) is 19.8. The standard InChI is InChI=1S/C14H21Cl2NO3.C2H2O4/c1-18-7-2-5-17-6-8-19-9-10-20-12-3-4-13(15)14(16)11-12;3-1(4)2(5)6/h3-4,11,17H,2,5-10H2,1H3;(H,3,4)(H,5,6). The number of aliphatic carboxylic acids is 2. The molecule has 0 atom stereocenters. The number of ether oxygens (including phenoxy) is 3. The molecule has 3 N–H and O–H groups in total. The van der Waals surface area contributed by atoms with Gasteiger partial charge in [-0.05, 0) is 25.1 Å². The molecule has 0 bridgehead atoms. The first-order chi connectivity index (χ1) is 12.4. The molecule has 1 aromatic rings. The summed E-state index contributed by atoms with van der Waals surface area (Å²) >= 11 is 11.7. The van der Waals surface area contributed by atoms with Gasteiger partial charge in [0.25, 0.3) is 0 Å². The smallest absolute Gasteiger partial charge is 0.414 e. The molecular formula is C16H23Cl2NO7. The van der Waals surface area contributed by atoms with Gasteiger partial charge in [-0.25, -0.2) is 9.59 Å². The molecule has 0 amide bonds. The topological polar surface area (TPSA) is 114 Å². The minimum atomic E-state index is -1.82. The molecule has 0 aliphatic heterocycles. The van der Waals surface area contributed by atoms with Gasteiger partial charge in [0.05, 0.1) is 23.3 Å². The predicted molar refractivity (Wildman–Crippen MR) is 97.4 cm³/mol. The molecule has 1 rings (SSSR count). The molecule has 0 aliphatic carbocycles. The van der Waals surface area contributed by atoms with Crippen molar-refractivity contribution in [3.05, 3.63) is 28.2 Å². The van der Waals surface area contributed by atoms with Gasteiger partial charge in [0, 0.05) is 26.3 Å². The van der Waals surface area contributed by atoms with Crippen LogP contribution < -0.4 is 10.1 Å². The summed E-state index contributed by atoms with van der Waals surface area (Å²) in [4.78, 5) is 18.2. The Morgan fingerprint density at radius 1 is 1.00 bits per heavy atom. The van der Waals surface area contributed by atoms with E-state index >= 15 is 0 Å². The normalized spacial score (nSPS) is 9.96. The van der Waals surface area contributed by atoms with Crippen LogP contribution >= 0.6 is 23.2 Å². The number of hydrogen-bond donors (Lipinski definition) is 3. The minimum Gasteiger partial charge on any atom is -0.491 e. The average molecular weight is 412 g/mol. The van der Waals surface area contributed by atoms with E-state index in [0.717, 1.165) is 26.1 Å². The van der Waals surface area contributed by atoms with Crippen LogP contribution in [0.5, 0.6) is 5.75 Å². The van der Waals surface area contributed by atoms with Gasteiger partial charge < -0.3 is 29.7 Å². The van der Waals surface area contributed by atoms with Gasteiger partial charge in [0.1, 0.15) is 12.4 Å². The van der Waals surface area contributed by atoms with Crippen molar-refractivity contribution in [2.75, 3.05) is 46.6 Å². The molecule has 0 unspecified atom stereocenters. The van der Waals surface area contributed by atoms with E-state index in [-0.39, 0.29) is 0 Å². The lowest BCUT2D eigenvalue weighted by molar-refractivity contribution is -0.159. The second-order valence-corrected chi connectivity index (χ2v) is 5.56. The maximum absolute atomic E-state index is 9.10. The molecule has 0 aromatic heterocycles. The third kappa shape index (κ3) is 13.7. The van der Waals surface area contributed by atoms with E-state index in [0.29, 0.717) is 35.6 Å². The zero-order valence-electron chi connectivity index (χ0n) is 14.4. The van der Waals surface area contributed by atoms with Crippen LogP contribution in [0.15, 0.2) is 18.2 Å². The largest absolute Gasteiger partial charge is 0.491 e. The molecule has 0 heterocycles. The number of hydrogen-bond acceptors (Lipinski definition) is 6. The third-order valence-electron chi connectivity index (χ3n) is 2.70. The predicted octanol–water partition coefficient (Wildman–Crippen LogP) is 2.17. The van der Waals surface area contributed by atoms with E-state index in [4.69, 9.17) is 57.2 Å². The number of rotatable bonds is 11. The summed E-state index contributed by atoms with van der Waals surface area (Å²) in [5, 5.41) is 19.1. The molecule has 0 saturated carbocycles. The summed E-state index contributed by atoms with van der Waals surface area (Å²) in [5.41, 5.74) is 0. The Morgan fingerprint density at radius 3 is 2.27 bits per heavy atom. The maximum Gasteiger partial charge on any atom is 0.414 e. The third-order valence-corrected chi connectivity index (χ3v) is 3.43. The van der Waals surface area contributed by atoms with Crippen molar-refractivity contribution in [3.8, 4) is 5.75 Å². The molecule has 0 saturated heterocycles. The highest BCUT2D eigenvalue weighted by Gasteiger charge is 2.04. The Morgan fingerprint density at radius 2 is 1.69 bits per heavy atom. The van der Waals surface area contributed by atoms with Crippen LogP contribution in [0.2, 0.25) is 10.0 Å². The summed E-state index contributed by atoms with van der Waals surface area (Å²) in [7, 11) is 1.71. The van der Waals surface area contributed by atoms with Gasteiger partial charge in [-0.15, -0.1) is 0 Å². The number of carboxylic acids is 2. The van der Waals surface area contributed by atoms with Crippen molar-refractivity contribution in [3.63, 3.8) is 0 Å². The van der Waals surface area contributed by atoms with Gasteiger partial charge in [0.2, 0.25) is 0 Å². The van der Waals surface area contributed by atoms with Crippen molar-refractivity contribution in [2.24, 2.45) is 0 Å². The summed E-state index contributed by atoms with van der Waals surface area (Å²) in [6, 6.07) is 5.19. The van der Waals surface area contributed by atoms with Crippen LogP contribution in [-0.4, -0.2) is 68.8 Å². The maximum atomic E-state index is 9.10. The van der Waals surface area contributed by atoms with Crippen molar-refractivity contribution in [1.82, 2.24) is 5.32 Å². The average Bonchev–Trinajstić information content (AvgIpc) is 2.60. The summed E-state index contributed by atoms with van der Waals surface area (Å²) in [5.74, 6) is -2.95. The summed E-state index contributed by atoms with van der Waals surface area (Å²) in [6.45, 7) is 4.25. The van der Waals surface area contributed by atoms with Crippen molar-refractivity contribution in [1.29, 1.82) is 0 Å². The highest BCUT2D eigenvalue weighted by atomic mass is 35.5. The molecule has 0 fully saturated rings. The van der Waals surface area contributed by atoms with Crippen LogP contribution in [-0.2, 0) is 19.1 Å². The quantitative estimate of drug-likeness (QED) is 0.374. The van der Waals surface area contributed by atoms with E-state index in [1.165, 1.54) is 0 Å². The lowest BCUT2D eigenvalue weighted by Gasteiger charge is -2.08. The highest BCUT2D eigenvalue weighted by molar-refractivity contribution is 6.42. The lowest BCUT2D eigenvalue weighted by atomic mass is 10.3. The second-order valence-electron chi connectivity index (χ2n) is 4.74. The number of nitrogens with one attached hydrogen (secondary N) is 1. The molecule has 1 aromatic carbocycles. The first kappa shape index (κ1) is 24.4.